The van der Waals surface area contributed by atoms with Gasteiger partial charge in [-0.05, 0) is 43.4 Å². The Bertz CT molecular complexity index is 1450. The van der Waals surface area contributed by atoms with Crippen LogP contribution in [0.3, 0.4) is 0 Å². The van der Waals surface area contributed by atoms with E-state index in [0.717, 1.165) is 32.1 Å². The van der Waals surface area contributed by atoms with E-state index in [1.54, 1.807) is 59.8 Å². The largest absolute Gasteiger partial charge is 0.484 e. The standard InChI is InChI=1S/C28H41NO11.C20H41NO9.CH4/c1-19(30)36-14-24(15-37-20(2)31)28(25(16-38-21(3)32)17-39-22(4)33)23-9-8-10-26(13-23)40-18-27(34)29-11-6-7-12-35-5;1-23-11-18(12-24-2)28-15-20(16-29-19(13-25-3)14-26-4)27-10-17(22)8-6-5-7-9-30-21;/h8-10,13,24-25,28H,6-7,11-12,14-18H2,1-5H3,(H,29,34);18-20H,5-16,21H2,1-4H3;1H4. The molecule has 412 valence electrons. The maximum absolute atomic E-state index is 12.2. The third kappa shape index (κ3) is 38.0. The van der Waals surface area contributed by atoms with E-state index in [0.29, 0.717) is 63.9 Å². The molecule has 0 atom stereocenters. The van der Waals surface area contributed by atoms with Crippen LogP contribution >= 0.6 is 0 Å². The van der Waals surface area contributed by atoms with Crippen LogP contribution in [0.2, 0.25) is 0 Å². The molecular formula is C49H86N2O20. The summed E-state index contributed by atoms with van der Waals surface area (Å²) in [6.07, 6.45) is 3.63. The molecule has 0 bridgehead atoms. The van der Waals surface area contributed by atoms with E-state index in [2.05, 4.69) is 10.2 Å². The molecule has 1 amide bonds. The first kappa shape index (κ1) is 68.7. The van der Waals surface area contributed by atoms with E-state index in [9.17, 15) is 28.8 Å². The zero-order valence-electron chi connectivity index (χ0n) is 42.9. The van der Waals surface area contributed by atoms with E-state index < -0.39 is 47.7 Å². The Morgan fingerprint density at radius 3 is 1.44 bits per heavy atom. The Morgan fingerprint density at radius 2 is 1.00 bits per heavy atom. The first-order valence-corrected chi connectivity index (χ1v) is 23.3. The molecule has 0 aliphatic carbocycles. The monoisotopic (exact) mass is 1020 g/mol. The first-order chi connectivity index (χ1) is 33.6. The highest BCUT2D eigenvalue weighted by molar-refractivity contribution is 5.79. The average molecular weight is 1020 g/mol. The summed E-state index contributed by atoms with van der Waals surface area (Å²) in [5, 5.41) is 2.78. The van der Waals surface area contributed by atoms with Crippen LogP contribution in [0.15, 0.2) is 24.3 Å². The molecule has 0 spiro atoms. The number of nitrogens with one attached hydrogen (secondary N) is 1. The van der Waals surface area contributed by atoms with Crippen molar-refractivity contribution in [1.29, 1.82) is 0 Å². The molecule has 3 N–H and O–H groups in total. The molecule has 0 radical (unpaired) electrons. The second-order valence-corrected chi connectivity index (χ2v) is 16.1. The molecule has 0 heterocycles. The van der Waals surface area contributed by atoms with Crippen LogP contribution in [0.1, 0.15) is 85.1 Å². The molecule has 0 aromatic heterocycles. The van der Waals surface area contributed by atoms with Crippen molar-refractivity contribution in [2.75, 3.05) is 135 Å². The van der Waals surface area contributed by atoms with Gasteiger partial charge in [0.2, 0.25) is 0 Å². The molecule has 0 unspecified atom stereocenters. The smallest absolute Gasteiger partial charge is 0.302 e. The lowest BCUT2D eigenvalue weighted by Crippen LogP contribution is -2.36. The quantitative estimate of drug-likeness (QED) is 0.0410. The maximum Gasteiger partial charge on any atom is 0.302 e. The Kier molecular flexibility index (Phi) is 44.0. The molecule has 0 fully saturated rings. The van der Waals surface area contributed by atoms with Crippen LogP contribution in [0, 0.1) is 11.8 Å². The van der Waals surface area contributed by atoms with Gasteiger partial charge >= 0.3 is 23.9 Å². The van der Waals surface area contributed by atoms with Crippen LogP contribution in [-0.2, 0) is 90.4 Å². The van der Waals surface area contributed by atoms with Crippen LogP contribution < -0.4 is 16.0 Å². The van der Waals surface area contributed by atoms with Gasteiger partial charge in [-0.2, -0.15) is 0 Å². The number of amides is 1. The van der Waals surface area contributed by atoms with E-state index in [4.69, 9.17) is 67.5 Å². The number of ether oxygens (including phenoxy) is 13. The van der Waals surface area contributed by atoms with Crippen molar-refractivity contribution in [2.45, 2.75) is 97.9 Å². The predicted octanol–water partition coefficient (Wildman–Crippen LogP) is 3.56. The maximum atomic E-state index is 12.2. The van der Waals surface area contributed by atoms with Crippen molar-refractivity contribution in [3.8, 4) is 5.75 Å². The third-order valence-corrected chi connectivity index (χ3v) is 9.87. The summed E-state index contributed by atoms with van der Waals surface area (Å²) < 4.78 is 69.8. The van der Waals surface area contributed by atoms with E-state index in [1.165, 1.54) is 27.7 Å². The number of nitrogens with two attached hydrogens (primary N) is 1. The number of carbonyl (C=O) groups is 6. The highest BCUT2D eigenvalue weighted by Crippen LogP contribution is 2.36. The predicted molar refractivity (Wildman–Crippen MR) is 259 cm³/mol. The summed E-state index contributed by atoms with van der Waals surface area (Å²) in [4.78, 5) is 75.4. The minimum Gasteiger partial charge on any atom is -0.484 e. The number of unbranched alkanes of at least 4 members (excludes halogenated alkanes) is 3. The van der Waals surface area contributed by atoms with Crippen LogP contribution in [0.25, 0.3) is 0 Å². The molecule has 22 nitrogen and oxygen atoms in total. The summed E-state index contributed by atoms with van der Waals surface area (Å²) in [6, 6.07) is 6.85. The van der Waals surface area contributed by atoms with Gasteiger partial charge in [0.25, 0.3) is 5.91 Å². The number of benzene rings is 1. The summed E-state index contributed by atoms with van der Waals surface area (Å²) in [5.74, 6) is 1.19. The van der Waals surface area contributed by atoms with Crippen molar-refractivity contribution in [2.24, 2.45) is 17.7 Å². The molecule has 0 saturated carbocycles. The SMILES string of the molecule is C.COCC(COC)OCC(COC(COC)COC)OCC(=O)CCCCCON.COCCCCNC(=O)COc1cccc(C(C(COC(C)=O)COC(C)=O)C(COC(C)=O)COC(C)=O)c1. The lowest BCUT2D eigenvalue weighted by Gasteiger charge is -2.33. The molecule has 71 heavy (non-hydrogen) atoms. The van der Waals surface area contributed by atoms with Gasteiger partial charge in [0.15, 0.2) is 12.4 Å². The van der Waals surface area contributed by atoms with E-state index >= 15 is 0 Å². The second-order valence-electron chi connectivity index (χ2n) is 16.1. The van der Waals surface area contributed by atoms with E-state index in [-0.39, 0.29) is 84.2 Å². The average Bonchev–Trinajstić information content (AvgIpc) is 3.32. The molecule has 1 rings (SSSR count). The number of carbonyl (C=O) groups excluding carboxylic acids is 6. The number of rotatable bonds is 42. The van der Waals surface area contributed by atoms with Crippen molar-refractivity contribution >= 4 is 35.6 Å². The lowest BCUT2D eigenvalue weighted by atomic mass is 9.77. The topological polar surface area (TPSA) is 270 Å². The highest BCUT2D eigenvalue weighted by atomic mass is 16.6. The molecule has 1 aromatic rings. The van der Waals surface area contributed by atoms with Crippen LogP contribution in [0.4, 0.5) is 0 Å². The van der Waals surface area contributed by atoms with Crippen LogP contribution in [-0.4, -0.2) is 188 Å². The van der Waals surface area contributed by atoms with Crippen molar-refractivity contribution < 1.29 is 95.2 Å². The summed E-state index contributed by atoms with van der Waals surface area (Å²) in [6.45, 7) is 7.96. The third-order valence-electron chi connectivity index (χ3n) is 9.87. The fourth-order valence-corrected chi connectivity index (χ4v) is 6.58. The van der Waals surface area contributed by atoms with Gasteiger partial charge in [-0.15, -0.1) is 0 Å². The van der Waals surface area contributed by atoms with Gasteiger partial charge in [-0.25, -0.2) is 5.90 Å². The molecule has 0 aliphatic rings. The molecule has 0 saturated heterocycles. The fourth-order valence-electron chi connectivity index (χ4n) is 6.58. The van der Waals surface area contributed by atoms with Crippen molar-refractivity contribution in [1.82, 2.24) is 5.32 Å². The number of Topliss-reactive ketones (excluding diaryl/α,β-unsaturated/α-hetero) is 1. The Hall–Kier alpha value is -4.36. The lowest BCUT2D eigenvalue weighted by molar-refractivity contribution is -0.149. The molecular weight excluding hydrogens is 937 g/mol. The minimum atomic E-state index is -0.602. The van der Waals surface area contributed by atoms with Crippen molar-refractivity contribution in [3.63, 3.8) is 0 Å². The number of methoxy groups -OCH3 is 5. The summed E-state index contributed by atoms with van der Waals surface area (Å²) in [5.41, 5.74) is 0.645. The summed E-state index contributed by atoms with van der Waals surface area (Å²) >= 11 is 0. The Labute approximate surface area is 421 Å². The van der Waals surface area contributed by atoms with Gasteiger partial charge in [0.05, 0.1) is 72.7 Å². The van der Waals surface area contributed by atoms with Crippen LogP contribution in [0.5, 0.6) is 5.75 Å². The number of hydrogen-bond donors (Lipinski definition) is 2. The fraction of sp³-hybridized carbons (Fsp3) is 0.755. The Balaban J connectivity index is 0. The van der Waals surface area contributed by atoms with Gasteiger partial charge in [-0.3, -0.25) is 28.8 Å². The number of hydrogen-bond acceptors (Lipinski definition) is 21. The van der Waals surface area contributed by atoms with Gasteiger partial charge in [0, 0.05) is 101 Å². The van der Waals surface area contributed by atoms with Gasteiger partial charge < -0.3 is 71.7 Å². The highest BCUT2D eigenvalue weighted by Gasteiger charge is 2.35. The van der Waals surface area contributed by atoms with Gasteiger partial charge in [-0.1, -0.05) is 26.0 Å². The first-order valence-electron chi connectivity index (χ1n) is 23.3. The molecule has 1 aromatic carbocycles. The molecule has 22 heteroatoms. The molecule has 0 aliphatic heterocycles. The number of esters is 4. The zero-order chi connectivity index (χ0) is 52.4. The van der Waals surface area contributed by atoms with Crippen molar-refractivity contribution in [3.05, 3.63) is 29.8 Å². The summed E-state index contributed by atoms with van der Waals surface area (Å²) in [7, 11) is 8.01. The minimum absolute atomic E-state index is 0. The second kappa shape index (κ2) is 45.5. The zero-order valence-corrected chi connectivity index (χ0v) is 42.9. The van der Waals surface area contributed by atoms with Gasteiger partial charge in [0.1, 0.15) is 30.7 Å². The van der Waals surface area contributed by atoms with E-state index in [1.807, 2.05) is 0 Å². The Morgan fingerprint density at radius 1 is 0.535 bits per heavy atom. The normalized spacial score (nSPS) is 11.1. The number of ketones is 1.